The van der Waals surface area contributed by atoms with Gasteiger partial charge >= 0.3 is 5.97 Å². The number of nitrogens with one attached hydrogen (secondary N) is 1. The number of anilines is 1. The lowest BCUT2D eigenvalue weighted by molar-refractivity contribution is -0.111. The normalized spacial score (nSPS) is 10.2. The Morgan fingerprint density at radius 3 is 1.57 bits per heavy atom. The van der Waals surface area contributed by atoms with Crippen molar-refractivity contribution in [2.75, 3.05) is 5.32 Å². The molecule has 0 spiro atoms. The first kappa shape index (κ1) is 19.7. The van der Waals surface area contributed by atoms with Crippen molar-refractivity contribution in [2.24, 2.45) is 0 Å². The zero-order valence-electron chi connectivity index (χ0n) is 14.5. The Balaban J connectivity index is 1.91. The van der Waals surface area contributed by atoms with Gasteiger partial charge in [0.05, 0.1) is 5.56 Å². The van der Waals surface area contributed by atoms with Gasteiger partial charge in [-0.05, 0) is 65.2 Å². The highest BCUT2D eigenvalue weighted by atomic mass is 35.5. The number of carbonyl (C=O) groups is 2. The van der Waals surface area contributed by atoms with Crippen LogP contribution < -0.4 is 5.32 Å². The van der Waals surface area contributed by atoms with Crippen molar-refractivity contribution in [1.29, 1.82) is 0 Å². The molecule has 0 unspecified atom stereocenters. The molecular formula is C22H15Cl2NO3. The van der Waals surface area contributed by atoms with Crippen molar-refractivity contribution < 1.29 is 14.7 Å². The van der Waals surface area contributed by atoms with Crippen molar-refractivity contribution >= 4 is 46.3 Å². The summed E-state index contributed by atoms with van der Waals surface area (Å²) < 4.78 is 0. The number of carbonyl (C=O) groups excluding carboxylic acids is 1. The highest BCUT2D eigenvalue weighted by molar-refractivity contribution is 6.31. The lowest BCUT2D eigenvalue weighted by atomic mass is 9.97. The monoisotopic (exact) mass is 411 g/mol. The van der Waals surface area contributed by atoms with Crippen molar-refractivity contribution in [3.63, 3.8) is 0 Å². The zero-order valence-corrected chi connectivity index (χ0v) is 16.0. The molecular weight excluding hydrogens is 397 g/mol. The Kier molecular flexibility index (Phi) is 6.14. The van der Waals surface area contributed by atoms with Gasteiger partial charge in [-0.25, -0.2) is 4.79 Å². The number of benzene rings is 3. The molecule has 0 aliphatic carbocycles. The maximum Gasteiger partial charge on any atom is 0.335 e. The Hall–Kier alpha value is -3.08. The molecule has 140 valence electrons. The van der Waals surface area contributed by atoms with E-state index in [0.29, 0.717) is 21.3 Å². The van der Waals surface area contributed by atoms with Crippen molar-refractivity contribution in [3.05, 3.63) is 106 Å². The Bertz CT molecular complexity index is 977. The zero-order chi connectivity index (χ0) is 20.1. The van der Waals surface area contributed by atoms with Gasteiger partial charge in [0.25, 0.3) is 0 Å². The molecule has 0 bridgehead atoms. The fourth-order valence-electron chi connectivity index (χ4n) is 2.60. The minimum atomic E-state index is -1.02. The van der Waals surface area contributed by atoms with Gasteiger partial charge in [-0.3, -0.25) is 4.79 Å². The number of hydrogen-bond acceptors (Lipinski definition) is 2. The molecule has 0 fully saturated rings. The summed E-state index contributed by atoms with van der Waals surface area (Å²) >= 11 is 11.9. The number of carboxylic acids is 1. The van der Waals surface area contributed by atoms with Crippen LogP contribution in [-0.2, 0) is 4.79 Å². The lowest BCUT2D eigenvalue weighted by Gasteiger charge is -2.10. The summed E-state index contributed by atoms with van der Waals surface area (Å²) in [5, 5.41) is 12.9. The molecule has 0 aliphatic rings. The van der Waals surface area contributed by atoms with Gasteiger partial charge < -0.3 is 10.4 Å². The second-order valence-electron chi connectivity index (χ2n) is 5.94. The van der Waals surface area contributed by atoms with E-state index in [1.54, 1.807) is 36.4 Å². The number of carboxylic acid groups (broad SMARTS) is 1. The maximum atomic E-state index is 12.6. The molecule has 0 radical (unpaired) electrons. The molecule has 0 aliphatic heterocycles. The van der Waals surface area contributed by atoms with Crippen LogP contribution in [0.3, 0.4) is 0 Å². The van der Waals surface area contributed by atoms with E-state index in [9.17, 15) is 9.59 Å². The van der Waals surface area contributed by atoms with Crippen LogP contribution in [0.5, 0.6) is 0 Å². The maximum absolute atomic E-state index is 12.6. The third kappa shape index (κ3) is 5.00. The molecule has 0 aromatic heterocycles. The number of aromatic carboxylic acids is 1. The molecule has 4 nitrogen and oxygen atoms in total. The molecule has 2 N–H and O–H groups in total. The van der Waals surface area contributed by atoms with E-state index in [1.807, 2.05) is 24.3 Å². The molecule has 0 heterocycles. The molecule has 0 saturated carbocycles. The van der Waals surface area contributed by atoms with E-state index in [0.717, 1.165) is 11.1 Å². The van der Waals surface area contributed by atoms with Gasteiger partial charge in [0.2, 0.25) is 5.91 Å². The van der Waals surface area contributed by atoms with Crippen LogP contribution in [0.25, 0.3) is 5.57 Å². The van der Waals surface area contributed by atoms with Gasteiger partial charge in [-0.1, -0.05) is 47.5 Å². The van der Waals surface area contributed by atoms with E-state index in [4.69, 9.17) is 28.3 Å². The summed E-state index contributed by atoms with van der Waals surface area (Å²) in [6, 6.07) is 20.3. The molecule has 28 heavy (non-hydrogen) atoms. The molecule has 1 amide bonds. The minimum absolute atomic E-state index is 0.150. The second kappa shape index (κ2) is 8.74. The van der Waals surface area contributed by atoms with Crippen LogP contribution >= 0.6 is 23.2 Å². The first-order chi connectivity index (χ1) is 13.4. The average molecular weight is 412 g/mol. The average Bonchev–Trinajstić information content (AvgIpc) is 2.68. The fraction of sp³-hybridized carbons (Fsp3) is 0. The minimum Gasteiger partial charge on any atom is -0.478 e. The molecule has 0 atom stereocenters. The smallest absolute Gasteiger partial charge is 0.335 e. The van der Waals surface area contributed by atoms with Crippen molar-refractivity contribution in [2.45, 2.75) is 0 Å². The fourth-order valence-corrected chi connectivity index (χ4v) is 2.85. The third-order valence-corrected chi connectivity index (χ3v) is 4.49. The molecule has 3 aromatic rings. The molecule has 0 saturated heterocycles. The number of halogens is 2. The summed E-state index contributed by atoms with van der Waals surface area (Å²) in [4.78, 5) is 23.5. The highest BCUT2D eigenvalue weighted by Gasteiger charge is 2.09. The number of rotatable bonds is 5. The molecule has 3 aromatic carbocycles. The summed E-state index contributed by atoms with van der Waals surface area (Å²) in [5.41, 5.74) is 2.99. The standard InChI is InChI=1S/C22H15Cl2NO3/c23-17-7-1-14(2-8-17)20(15-3-9-18(24)10-4-15)13-21(26)25-19-11-5-16(6-12-19)22(27)28/h1-13H,(H,25,26)(H,27,28). The van der Waals surface area contributed by atoms with Crippen LogP contribution in [0.4, 0.5) is 5.69 Å². The van der Waals surface area contributed by atoms with E-state index < -0.39 is 5.97 Å². The van der Waals surface area contributed by atoms with Crippen LogP contribution in [0, 0.1) is 0 Å². The summed E-state index contributed by atoms with van der Waals surface area (Å²) in [6.45, 7) is 0. The first-order valence-electron chi connectivity index (χ1n) is 8.30. The molecule has 3 rings (SSSR count). The number of amides is 1. The number of hydrogen-bond donors (Lipinski definition) is 2. The third-order valence-electron chi connectivity index (χ3n) is 3.99. The highest BCUT2D eigenvalue weighted by Crippen LogP contribution is 2.26. The van der Waals surface area contributed by atoms with Crippen molar-refractivity contribution in [1.82, 2.24) is 0 Å². The van der Waals surface area contributed by atoms with Gasteiger partial charge in [-0.2, -0.15) is 0 Å². The van der Waals surface area contributed by atoms with E-state index in [2.05, 4.69) is 5.32 Å². The predicted octanol–water partition coefficient (Wildman–Crippen LogP) is 5.76. The summed E-state index contributed by atoms with van der Waals surface area (Å²) in [7, 11) is 0. The predicted molar refractivity (Wildman–Crippen MR) is 112 cm³/mol. The topological polar surface area (TPSA) is 66.4 Å². The van der Waals surface area contributed by atoms with E-state index in [-0.39, 0.29) is 11.5 Å². The van der Waals surface area contributed by atoms with Gasteiger partial charge in [0.15, 0.2) is 0 Å². The largest absolute Gasteiger partial charge is 0.478 e. The first-order valence-corrected chi connectivity index (χ1v) is 9.06. The van der Waals surface area contributed by atoms with E-state index >= 15 is 0 Å². The van der Waals surface area contributed by atoms with Crippen LogP contribution in [-0.4, -0.2) is 17.0 Å². The van der Waals surface area contributed by atoms with E-state index in [1.165, 1.54) is 18.2 Å². The van der Waals surface area contributed by atoms with Crippen molar-refractivity contribution in [3.8, 4) is 0 Å². The Morgan fingerprint density at radius 1 is 0.714 bits per heavy atom. The second-order valence-corrected chi connectivity index (χ2v) is 6.82. The van der Waals surface area contributed by atoms with Crippen LogP contribution in [0.2, 0.25) is 10.0 Å². The summed E-state index contributed by atoms with van der Waals surface area (Å²) in [5.74, 6) is -1.37. The Morgan fingerprint density at radius 2 is 1.14 bits per heavy atom. The molecule has 6 heteroatoms. The van der Waals surface area contributed by atoms with Gasteiger partial charge in [0, 0.05) is 21.8 Å². The summed E-state index contributed by atoms with van der Waals surface area (Å²) in [6.07, 6.45) is 1.48. The van der Waals surface area contributed by atoms with Crippen LogP contribution in [0.1, 0.15) is 21.5 Å². The van der Waals surface area contributed by atoms with Gasteiger partial charge in [-0.15, -0.1) is 0 Å². The SMILES string of the molecule is O=C(C=C(c1ccc(Cl)cc1)c1ccc(Cl)cc1)Nc1ccc(C(=O)O)cc1. The van der Waals surface area contributed by atoms with Crippen LogP contribution in [0.15, 0.2) is 78.9 Å². The lowest BCUT2D eigenvalue weighted by Crippen LogP contribution is -2.09. The Labute approximate surface area is 172 Å². The quantitative estimate of drug-likeness (QED) is 0.524. The van der Waals surface area contributed by atoms with Gasteiger partial charge in [0.1, 0.15) is 0 Å².